The van der Waals surface area contributed by atoms with Gasteiger partial charge in [0, 0.05) is 11.6 Å². The topological polar surface area (TPSA) is 81.4 Å². The fourth-order valence-corrected chi connectivity index (χ4v) is 3.24. The highest BCUT2D eigenvalue weighted by Gasteiger charge is 2.17. The summed E-state index contributed by atoms with van der Waals surface area (Å²) in [7, 11) is -2.27. The van der Waals surface area contributed by atoms with Gasteiger partial charge in [-0.05, 0) is 36.8 Å². The molecule has 0 atom stereocenters. The molecule has 1 N–H and O–H groups in total. The van der Waals surface area contributed by atoms with Crippen LogP contribution in [-0.2, 0) is 10.0 Å². The van der Waals surface area contributed by atoms with Crippen LogP contribution in [0.3, 0.4) is 0 Å². The van der Waals surface area contributed by atoms with Crippen molar-refractivity contribution >= 4 is 15.7 Å². The number of aromatic nitrogens is 1. The van der Waals surface area contributed by atoms with Crippen molar-refractivity contribution in [2.24, 2.45) is 0 Å². The molecule has 0 bridgehead atoms. The standard InChI is InChI=1S/C17H16N2O4S/c1-12-5-6-13(16-4-3-9-23-16)10-15(12)19-24(20,21)14-7-8-17(22-2)18-11-14/h3-11,19H,1-2H3. The number of rotatable bonds is 5. The maximum absolute atomic E-state index is 12.5. The molecule has 0 aliphatic rings. The van der Waals surface area contributed by atoms with Crippen molar-refractivity contribution in [1.29, 1.82) is 0 Å². The van der Waals surface area contributed by atoms with E-state index in [9.17, 15) is 8.42 Å². The minimum Gasteiger partial charge on any atom is -0.481 e. The first-order valence-electron chi connectivity index (χ1n) is 7.17. The molecular weight excluding hydrogens is 328 g/mol. The normalized spacial score (nSPS) is 11.2. The van der Waals surface area contributed by atoms with Gasteiger partial charge in [-0.3, -0.25) is 4.72 Å². The molecule has 2 aromatic heterocycles. The number of nitrogens with zero attached hydrogens (tertiary/aromatic N) is 1. The van der Waals surface area contributed by atoms with E-state index < -0.39 is 10.0 Å². The van der Waals surface area contributed by atoms with E-state index in [1.807, 2.05) is 25.1 Å². The molecule has 7 heteroatoms. The Balaban J connectivity index is 1.93. The predicted molar refractivity (Wildman–Crippen MR) is 90.5 cm³/mol. The van der Waals surface area contributed by atoms with Gasteiger partial charge in [-0.1, -0.05) is 12.1 Å². The lowest BCUT2D eigenvalue weighted by atomic mass is 10.1. The van der Waals surface area contributed by atoms with Crippen molar-refractivity contribution in [3.8, 4) is 17.2 Å². The van der Waals surface area contributed by atoms with Gasteiger partial charge >= 0.3 is 0 Å². The highest BCUT2D eigenvalue weighted by Crippen LogP contribution is 2.27. The lowest BCUT2D eigenvalue weighted by Crippen LogP contribution is -2.14. The highest BCUT2D eigenvalue weighted by molar-refractivity contribution is 7.92. The summed E-state index contributed by atoms with van der Waals surface area (Å²) >= 11 is 0. The zero-order chi connectivity index (χ0) is 17.2. The van der Waals surface area contributed by atoms with Crippen LogP contribution in [0.4, 0.5) is 5.69 Å². The second-order valence-corrected chi connectivity index (χ2v) is 6.83. The van der Waals surface area contributed by atoms with Crippen molar-refractivity contribution < 1.29 is 17.6 Å². The Morgan fingerprint density at radius 1 is 1.17 bits per heavy atom. The van der Waals surface area contributed by atoms with Crippen LogP contribution in [0.25, 0.3) is 11.3 Å². The first-order chi connectivity index (χ1) is 11.5. The molecule has 0 amide bonds. The van der Waals surface area contributed by atoms with E-state index in [0.717, 1.165) is 11.1 Å². The van der Waals surface area contributed by atoms with Gasteiger partial charge in [0.15, 0.2) is 0 Å². The van der Waals surface area contributed by atoms with Gasteiger partial charge in [0.1, 0.15) is 10.7 Å². The van der Waals surface area contributed by atoms with Crippen LogP contribution in [0.1, 0.15) is 5.56 Å². The first kappa shape index (κ1) is 16.1. The Labute approximate surface area is 140 Å². The number of hydrogen-bond donors (Lipinski definition) is 1. The van der Waals surface area contributed by atoms with E-state index in [-0.39, 0.29) is 4.90 Å². The summed E-state index contributed by atoms with van der Waals surface area (Å²) in [4.78, 5) is 3.99. The highest BCUT2D eigenvalue weighted by atomic mass is 32.2. The number of aryl methyl sites for hydroxylation is 1. The zero-order valence-corrected chi connectivity index (χ0v) is 14.0. The fraction of sp³-hybridized carbons (Fsp3) is 0.118. The average Bonchev–Trinajstić information content (AvgIpc) is 3.11. The summed E-state index contributed by atoms with van der Waals surface area (Å²) in [5, 5.41) is 0. The summed E-state index contributed by atoms with van der Waals surface area (Å²) in [5.41, 5.74) is 2.08. The fourth-order valence-electron chi connectivity index (χ4n) is 2.18. The molecule has 0 saturated heterocycles. The Morgan fingerprint density at radius 2 is 2.00 bits per heavy atom. The van der Waals surface area contributed by atoms with Gasteiger partial charge in [-0.25, -0.2) is 13.4 Å². The zero-order valence-electron chi connectivity index (χ0n) is 13.2. The number of benzene rings is 1. The van der Waals surface area contributed by atoms with Gasteiger partial charge in [0.25, 0.3) is 10.0 Å². The van der Waals surface area contributed by atoms with Crippen LogP contribution in [0.15, 0.2) is 64.2 Å². The molecule has 0 fully saturated rings. The maximum atomic E-state index is 12.5. The molecule has 3 aromatic rings. The van der Waals surface area contributed by atoms with Crippen LogP contribution >= 0.6 is 0 Å². The lowest BCUT2D eigenvalue weighted by Gasteiger charge is -2.12. The van der Waals surface area contributed by atoms with Crippen LogP contribution in [0.2, 0.25) is 0 Å². The van der Waals surface area contributed by atoms with Crippen molar-refractivity contribution in [1.82, 2.24) is 4.98 Å². The molecular formula is C17H16N2O4S. The van der Waals surface area contributed by atoms with Crippen molar-refractivity contribution in [2.75, 3.05) is 11.8 Å². The van der Waals surface area contributed by atoms with Gasteiger partial charge in [0.05, 0.1) is 25.3 Å². The number of anilines is 1. The number of hydrogen-bond acceptors (Lipinski definition) is 5. The molecule has 24 heavy (non-hydrogen) atoms. The number of ether oxygens (including phenoxy) is 1. The van der Waals surface area contributed by atoms with Crippen LogP contribution in [0.5, 0.6) is 5.88 Å². The molecule has 2 heterocycles. The molecule has 0 aliphatic carbocycles. The van der Waals surface area contributed by atoms with Crippen LogP contribution < -0.4 is 9.46 Å². The summed E-state index contributed by atoms with van der Waals surface area (Å²) in [5.74, 6) is 1.02. The molecule has 1 aromatic carbocycles. The number of sulfonamides is 1. The van der Waals surface area contributed by atoms with E-state index in [4.69, 9.17) is 9.15 Å². The van der Waals surface area contributed by atoms with Crippen LogP contribution in [0, 0.1) is 6.92 Å². The predicted octanol–water partition coefficient (Wildman–Crippen LogP) is 3.46. The number of furan rings is 1. The average molecular weight is 344 g/mol. The third-order valence-corrected chi connectivity index (χ3v) is 4.87. The Bertz CT molecular complexity index is 933. The molecule has 0 unspecified atom stereocenters. The Hall–Kier alpha value is -2.80. The SMILES string of the molecule is COc1ccc(S(=O)(=O)Nc2cc(-c3ccco3)ccc2C)cn1. The molecule has 0 aliphatic heterocycles. The molecule has 0 radical (unpaired) electrons. The monoisotopic (exact) mass is 344 g/mol. The van der Waals surface area contributed by atoms with Gasteiger partial charge in [-0.2, -0.15) is 0 Å². The van der Waals surface area contributed by atoms with E-state index in [1.54, 1.807) is 18.4 Å². The summed E-state index contributed by atoms with van der Waals surface area (Å²) in [6.45, 7) is 1.83. The number of nitrogens with one attached hydrogen (secondary N) is 1. The second kappa shape index (κ2) is 6.37. The lowest BCUT2D eigenvalue weighted by molar-refractivity contribution is 0.397. The van der Waals surface area contributed by atoms with Crippen molar-refractivity contribution in [3.63, 3.8) is 0 Å². The second-order valence-electron chi connectivity index (χ2n) is 5.15. The Morgan fingerprint density at radius 3 is 2.62 bits per heavy atom. The Kier molecular flexibility index (Phi) is 4.26. The van der Waals surface area contributed by atoms with Crippen molar-refractivity contribution in [2.45, 2.75) is 11.8 Å². The number of methoxy groups -OCH3 is 1. The molecule has 6 nitrogen and oxygen atoms in total. The maximum Gasteiger partial charge on any atom is 0.263 e. The third kappa shape index (κ3) is 3.26. The largest absolute Gasteiger partial charge is 0.481 e. The first-order valence-corrected chi connectivity index (χ1v) is 8.65. The van der Waals surface area contributed by atoms with Gasteiger partial charge in [0.2, 0.25) is 5.88 Å². The van der Waals surface area contributed by atoms with E-state index in [2.05, 4.69) is 9.71 Å². The third-order valence-electron chi connectivity index (χ3n) is 3.52. The molecule has 0 spiro atoms. The minimum absolute atomic E-state index is 0.0612. The van der Waals surface area contributed by atoms with E-state index in [1.165, 1.54) is 25.4 Å². The molecule has 3 rings (SSSR count). The smallest absolute Gasteiger partial charge is 0.263 e. The molecule has 0 saturated carbocycles. The molecule has 124 valence electrons. The quantitative estimate of drug-likeness (QED) is 0.766. The van der Waals surface area contributed by atoms with E-state index >= 15 is 0 Å². The summed E-state index contributed by atoms with van der Waals surface area (Å²) in [6.07, 6.45) is 2.83. The number of pyridine rings is 1. The van der Waals surface area contributed by atoms with Gasteiger partial charge in [-0.15, -0.1) is 0 Å². The minimum atomic E-state index is -3.75. The summed E-state index contributed by atoms with van der Waals surface area (Å²) < 4.78 is 38.0. The van der Waals surface area contributed by atoms with Gasteiger partial charge < -0.3 is 9.15 Å². The summed E-state index contributed by atoms with van der Waals surface area (Å²) in [6, 6.07) is 12.0. The van der Waals surface area contributed by atoms with Crippen LogP contribution in [-0.4, -0.2) is 20.5 Å². The van der Waals surface area contributed by atoms with E-state index in [0.29, 0.717) is 17.3 Å². The van der Waals surface area contributed by atoms with Crippen molar-refractivity contribution in [3.05, 3.63) is 60.5 Å².